The van der Waals surface area contributed by atoms with E-state index in [1.807, 2.05) is 47.5 Å². The average molecular weight is 449 g/mol. The van der Waals surface area contributed by atoms with Gasteiger partial charge in [0.2, 0.25) is 0 Å². The standard InChI is InChI=1S/C25H32N6O2/c32-24(21-6-3-7-22(17-21)31-12-10-27-25(31)33)30-11-4-5-20(19-30)18-28-13-15-29(16-14-28)23-8-1-2-9-26-23/h1-3,6-9,17,20H,4-5,10-16,18-19H2,(H,27,33). The fraction of sp³-hybridized carbons (Fsp3) is 0.480. The number of urea groups is 1. The summed E-state index contributed by atoms with van der Waals surface area (Å²) in [5.41, 5.74) is 1.45. The third-order valence-electron chi connectivity index (χ3n) is 6.93. The van der Waals surface area contributed by atoms with Gasteiger partial charge in [0.15, 0.2) is 0 Å². The highest BCUT2D eigenvalue weighted by atomic mass is 16.2. The van der Waals surface area contributed by atoms with E-state index in [-0.39, 0.29) is 11.9 Å². The van der Waals surface area contributed by atoms with Crippen LogP contribution >= 0.6 is 0 Å². The number of carbonyl (C=O) groups excluding carboxylic acids is 2. The van der Waals surface area contributed by atoms with E-state index in [1.54, 1.807) is 4.90 Å². The molecule has 3 aliphatic heterocycles. The molecule has 174 valence electrons. The third-order valence-corrected chi connectivity index (χ3v) is 6.93. The number of pyridine rings is 1. The smallest absolute Gasteiger partial charge is 0.321 e. The molecule has 0 spiro atoms. The fourth-order valence-electron chi connectivity index (χ4n) is 5.17. The Hall–Kier alpha value is -3.13. The van der Waals surface area contributed by atoms with E-state index < -0.39 is 0 Å². The van der Waals surface area contributed by atoms with Crippen LogP contribution in [0.15, 0.2) is 48.7 Å². The molecule has 2 aromatic rings. The van der Waals surface area contributed by atoms with Crippen LogP contribution in [0.5, 0.6) is 0 Å². The zero-order chi connectivity index (χ0) is 22.6. The molecule has 0 aliphatic carbocycles. The molecule has 0 bridgehead atoms. The SMILES string of the molecule is O=C(c1cccc(N2CCNC2=O)c1)N1CCCC(CN2CCN(c3ccccn3)CC2)C1. The average Bonchev–Trinajstić information content (AvgIpc) is 3.31. The van der Waals surface area contributed by atoms with Gasteiger partial charge in [-0.3, -0.25) is 14.6 Å². The molecule has 1 unspecified atom stereocenters. The quantitative estimate of drug-likeness (QED) is 0.760. The Morgan fingerprint density at radius 3 is 2.67 bits per heavy atom. The molecule has 4 heterocycles. The number of benzene rings is 1. The summed E-state index contributed by atoms with van der Waals surface area (Å²) in [4.78, 5) is 38.3. The Labute approximate surface area is 195 Å². The van der Waals surface area contributed by atoms with E-state index in [1.165, 1.54) is 0 Å². The van der Waals surface area contributed by atoms with Crippen molar-refractivity contribution in [3.05, 3.63) is 54.2 Å². The predicted molar refractivity (Wildman–Crippen MR) is 129 cm³/mol. The van der Waals surface area contributed by atoms with Crippen molar-refractivity contribution in [1.29, 1.82) is 0 Å². The summed E-state index contributed by atoms with van der Waals surface area (Å²) in [6.07, 6.45) is 4.06. The summed E-state index contributed by atoms with van der Waals surface area (Å²) in [6, 6.07) is 13.5. The monoisotopic (exact) mass is 448 g/mol. The Morgan fingerprint density at radius 1 is 1.03 bits per heavy atom. The molecule has 1 N–H and O–H groups in total. The van der Waals surface area contributed by atoms with Crippen LogP contribution in [-0.2, 0) is 0 Å². The molecule has 3 aliphatic rings. The maximum absolute atomic E-state index is 13.3. The molecule has 8 heteroatoms. The van der Waals surface area contributed by atoms with E-state index in [4.69, 9.17) is 0 Å². The number of nitrogens with zero attached hydrogens (tertiary/aromatic N) is 5. The lowest BCUT2D eigenvalue weighted by molar-refractivity contribution is 0.0637. The summed E-state index contributed by atoms with van der Waals surface area (Å²) >= 11 is 0. The lowest BCUT2D eigenvalue weighted by Crippen LogP contribution is -2.50. The molecule has 3 fully saturated rings. The van der Waals surface area contributed by atoms with Crippen LogP contribution in [0.2, 0.25) is 0 Å². The molecular formula is C25H32N6O2. The van der Waals surface area contributed by atoms with Gasteiger partial charge >= 0.3 is 6.03 Å². The lowest BCUT2D eigenvalue weighted by atomic mass is 9.96. The highest BCUT2D eigenvalue weighted by Crippen LogP contribution is 2.23. The number of hydrogen-bond donors (Lipinski definition) is 1. The van der Waals surface area contributed by atoms with Gasteiger partial charge in [-0.25, -0.2) is 9.78 Å². The van der Waals surface area contributed by atoms with Gasteiger partial charge in [-0.2, -0.15) is 0 Å². The number of piperazine rings is 1. The highest BCUT2D eigenvalue weighted by Gasteiger charge is 2.28. The first-order valence-corrected chi connectivity index (χ1v) is 12.0. The summed E-state index contributed by atoms with van der Waals surface area (Å²) in [7, 11) is 0. The normalized spacial score (nSPS) is 21.9. The van der Waals surface area contributed by atoms with Crippen LogP contribution in [0.1, 0.15) is 23.2 Å². The predicted octanol–water partition coefficient (Wildman–Crippen LogP) is 2.29. The molecule has 0 radical (unpaired) electrons. The van der Waals surface area contributed by atoms with Crippen LogP contribution < -0.4 is 15.1 Å². The van der Waals surface area contributed by atoms with Gasteiger partial charge in [-0.05, 0) is 49.1 Å². The van der Waals surface area contributed by atoms with Crippen LogP contribution in [-0.4, -0.2) is 85.6 Å². The van der Waals surface area contributed by atoms with E-state index in [0.29, 0.717) is 24.6 Å². The first-order chi connectivity index (χ1) is 16.2. The van der Waals surface area contributed by atoms with Crippen LogP contribution in [0.25, 0.3) is 0 Å². The lowest BCUT2D eigenvalue weighted by Gasteiger charge is -2.39. The minimum Gasteiger partial charge on any atom is -0.354 e. The molecule has 0 saturated carbocycles. The first kappa shape index (κ1) is 21.7. The zero-order valence-corrected chi connectivity index (χ0v) is 19.0. The van der Waals surface area contributed by atoms with Gasteiger partial charge in [0.25, 0.3) is 5.91 Å². The van der Waals surface area contributed by atoms with Crippen LogP contribution in [0.4, 0.5) is 16.3 Å². The number of hydrogen-bond acceptors (Lipinski definition) is 5. The second kappa shape index (κ2) is 9.79. The number of amides is 3. The maximum atomic E-state index is 13.3. The minimum atomic E-state index is -0.0965. The Kier molecular flexibility index (Phi) is 6.44. The van der Waals surface area contributed by atoms with Crippen molar-refractivity contribution in [2.75, 3.05) is 68.7 Å². The Bertz CT molecular complexity index is 976. The summed E-state index contributed by atoms with van der Waals surface area (Å²) in [5.74, 6) is 1.62. The summed E-state index contributed by atoms with van der Waals surface area (Å²) in [5, 5.41) is 2.82. The topological polar surface area (TPSA) is 72.0 Å². The molecule has 8 nitrogen and oxygen atoms in total. The number of rotatable bonds is 5. The van der Waals surface area contributed by atoms with Crippen molar-refractivity contribution in [1.82, 2.24) is 20.1 Å². The number of carbonyl (C=O) groups is 2. The number of anilines is 2. The molecule has 1 aromatic heterocycles. The molecule has 5 rings (SSSR count). The van der Waals surface area contributed by atoms with Crippen molar-refractivity contribution in [2.45, 2.75) is 12.8 Å². The van der Waals surface area contributed by atoms with Gasteiger partial charge in [0, 0.05) is 76.4 Å². The van der Waals surface area contributed by atoms with Gasteiger partial charge in [-0.15, -0.1) is 0 Å². The van der Waals surface area contributed by atoms with E-state index in [0.717, 1.165) is 70.2 Å². The molecule has 1 atom stereocenters. The Morgan fingerprint density at radius 2 is 1.91 bits per heavy atom. The van der Waals surface area contributed by atoms with Gasteiger partial charge in [-0.1, -0.05) is 12.1 Å². The fourth-order valence-corrected chi connectivity index (χ4v) is 5.17. The van der Waals surface area contributed by atoms with E-state index in [2.05, 4.69) is 26.2 Å². The Balaban J connectivity index is 1.16. The second-order valence-corrected chi connectivity index (χ2v) is 9.17. The van der Waals surface area contributed by atoms with E-state index >= 15 is 0 Å². The minimum absolute atomic E-state index is 0.0705. The van der Waals surface area contributed by atoms with Gasteiger partial charge < -0.3 is 15.1 Å². The van der Waals surface area contributed by atoms with Crippen molar-refractivity contribution < 1.29 is 9.59 Å². The molecular weight excluding hydrogens is 416 g/mol. The van der Waals surface area contributed by atoms with Crippen LogP contribution in [0.3, 0.4) is 0 Å². The van der Waals surface area contributed by atoms with Crippen LogP contribution in [0, 0.1) is 5.92 Å². The van der Waals surface area contributed by atoms with Crippen molar-refractivity contribution >= 4 is 23.4 Å². The number of likely N-dealkylation sites (tertiary alicyclic amines) is 1. The second-order valence-electron chi connectivity index (χ2n) is 9.17. The molecule has 1 aromatic carbocycles. The van der Waals surface area contributed by atoms with E-state index in [9.17, 15) is 9.59 Å². The summed E-state index contributed by atoms with van der Waals surface area (Å²) < 4.78 is 0. The number of aromatic nitrogens is 1. The van der Waals surface area contributed by atoms with Crippen molar-refractivity contribution in [3.63, 3.8) is 0 Å². The number of piperidine rings is 1. The molecule has 3 amide bonds. The highest BCUT2D eigenvalue weighted by molar-refractivity contribution is 5.98. The summed E-state index contributed by atoms with van der Waals surface area (Å²) in [6.45, 7) is 7.95. The zero-order valence-electron chi connectivity index (χ0n) is 19.0. The largest absolute Gasteiger partial charge is 0.354 e. The first-order valence-electron chi connectivity index (χ1n) is 12.0. The van der Waals surface area contributed by atoms with Crippen molar-refractivity contribution in [2.24, 2.45) is 5.92 Å². The van der Waals surface area contributed by atoms with Gasteiger partial charge in [0.1, 0.15) is 5.82 Å². The van der Waals surface area contributed by atoms with Crippen molar-refractivity contribution in [3.8, 4) is 0 Å². The number of nitrogens with one attached hydrogen (secondary N) is 1. The van der Waals surface area contributed by atoms with Gasteiger partial charge in [0.05, 0.1) is 0 Å². The maximum Gasteiger partial charge on any atom is 0.321 e. The third kappa shape index (κ3) is 4.95. The molecule has 3 saturated heterocycles. The molecule has 33 heavy (non-hydrogen) atoms.